The lowest BCUT2D eigenvalue weighted by molar-refractivity contribution is 0.0956. The highest BCUT2D eigenvalue weighted by molar-refractivity contribution is 9.11. The van der Waals surface area contributed by atoms with Crippen LogP contribution in [0, 0.1) is 17.2 Å². The number of hydrogen-bond donors (Lipinski definition) is 0. The molecule has 0 bridgehead atoms. The molecule has 1 aromatic rings. The lowest BCUT2D eigenvalue weighted by Crippen LogP contribution is -2.09. The van der Waals surface area contributed by atoms with E-state index in [4.69, 9.17) is 5.26 Å². The van der Waals surface area contributed by atoms with Gasteiger partial charge in [-0.2, -0.15) is 5.26 Å². The van der Waals surface area contributed by atoms with Gasteiger partial charge in [0.2, 0.25) is 0 Å². The molecule has 0 aliphatic carbocycles. The molecule has 0 saturated carbocycles. The summed E-state index contributed by atoms with van der Waals surface area (Å²) in [4.78, 5) is 11.6. The number of halogens is 2. The Balaban J connectivity index is 3.09. The van der Waals surface area contributed by atoms with E-state index in [1.165, 1.54) is 0 Å². The van der Waals surface area contributed by atoms with E-state index in [9.17, 15) is 4.79 Å². The van der Waals surface area contributed by atoms with Crippen molar-refractivity contribution >= 4 is 37.6 Å². The molecular formula is C10H7Br2NO. The lowest BCUT2D eigenvalue weighted by atomic mass is 10.0. The van der Waals surface area contributed by atoms with Gasteiger partial charge in [-0.3, -0.25) is 4.79 Å². The normalized spacial score (nSPS) is 11.9. The van der Waals surface area contributed by atoms with Gasteiger partial charge in [-0.1, -0.05) is 31.9 Å². The smallest absolute Gasteiger partial charge is 0.180 e. The summed E-state index contributed by atoms with van der Waals surface area (Å²) in [5.74, 6) is -0.764. The van der Waals surface area contributed by atoms with E-state index in [0.29, 0.717) is 10.0 Å². The van der Waals surface area contributed by atoms with Crippen LogP contribution < -0.4 is 0 Å². The number of Topliss-reactive ketones (excluding diaryl/α,β-unsaturated/α-hetero) is 1. The second-order valence-corrected chi connectivity index (χ2v) is 4.61. The van der Waals surface area contributed by atoms with Gasteiger partial charge in [-0.25, -0.2) is 0 Å². The maximum Gasteiger partial charge on any atom is 0.180 e. The van der Waals surface area contributed by atoms with E-state index in [1.54, 1.807) is 25.1 Å². The minimum absolute atomic E-state index is 0.160. The average Bonchev–Trinajstić information content (AvgIpc) is 2.15. The zero-order valence-electron chi connectivity index (χ0n) is 7.42. The van der Waals surface area contributed by atoms with Crippen molar-refractivity contribution < 1.29 is 4.79 Å². The predicted octanol–water partition coefficient (Wildman–Crippen LogP) is 3.55. The molecule has 1 atom stereocenters. The van der Waals surface area contributed by atoms with Gasteiger partial charge in [-0.05, 0) is 25.1 Å². The highest BCUT2D eigenvalue weighted by Gasteiger charge is 2.16. The molecule has 1 rings (SSSR count). The first kappa shape index (κ1) is 11.4. The van der Waals surface area contributed by atoms with E-state index in [1.807, 2.05) is 6.07 Å². The Bertz CT molecular complexity index is 409. The Kier molecular flexibility index (Phi) is 3.85. The maximum atomic E-state index is 11.6. The minimum atomic E-state index is -0.604. The minimum Gasteiger partial charge on any atom is -0.293 e. The third kappa shape index (κ3) is 2.43. The average molecular weight is 317 g/mol. The first-order chi connectivity index (χ1) is 6.56. The van der Waals surface area contributed by atoms with Crippen LogP contribution in [0.4, 0.5) is 0 Å². The Morgan fingerprint density at radius 1 is 1.50 bits per heavy atom. The quantitative estimate of drug-likeness (QED) is 0.783. The third-order valence-electron chi connectivity index (χ3n) is 1.78. The monoisotopic (exact) mass is 315 g/mol. The van der Waals surface area contributed by atoms with Crippen molar-refractivity contribution in [2.75, 3.05) is 0 Å². The number of carbonyl (C=O) groups excluding carboxylic acids is 1. The Morgan fingerprint density at radius 3 is 2.64 bits per heavy atom. The number of hydrogen-bond acceptors (Lipinski definition) is 2. The highest BCUT2D eigenvalue weighted by Crippen LogP contribution is 2.23. The van der Waals surface area contributed by atoms with E-state index < -0.39 is 5.92 Å². The molecule has 14 heavy (non-hydrogen) atoms. The van der Waals surface area contributed by atoms with Crippen molar-refractivity contribution in [3.63, 3.8) is 0 Å². The van der Waals surface area contributed by atoms with Crippen molar-refractivity contribution in [3.05, 3.63) is 32.7 Å². The van der Waals surface area contributed by atoms with Crippen LogP contribution >= 0.6 is 31.9 Å². The number of nitriles is 1. The van der Waals surface area contributed by atoms with Gasteiger partial charge in [0, 0.05) is 14.5 Å². The Morgan fingerprint density at radius 2 is 2.14 bits per heavy atom. The molecule has 72 valence electrons. The highest BCUT2D eigenvalue weighted by atomic mass is 79.9. The van der Waals surface area contributed by atoms with Crippen molar-refractivity contribution in [1.29, 1.82) is 5.26 Å². The van der Waals surface area contributed by atoms with Crippen LogP contribution in [0.3, 0.4) is 0 Å². The molecule has 1 aromatic carbocycles. The first-order valence-corrected chi connectivity index (χ1v) is 5.53. The largest absolute Gasteiger partial charge is 0.293 e. The second kappa shape index (κ2) is 4.72. The van der Waals surface area contributed by atoms with Gasteiger partial charge in [0.15, 0.2) is 5.78 Å². The summed E-state index contributed by atoms with van der Waals surface area (Å²) in [7, 11) is 0. The SMILES string of the molecule is CC(C#N)C(=O)c1ccc(Br)cc1Br. The molecule has 0 amide bonds. The van der Waals surface area contributed by atoms with Gasteiger partial charge in [0.1, 0.15) is 5.92 Å². The fourth-order valence-corrected chi connectivity index (χ4v) is 2.22. The van der Waals surface area contributed by atoms with Gasteiger partial charge in [-0.15, -0.1) is 0 Å². The van der Waals surface area contributed by atoms with Crippen LogP contribution in [0.1, 0.15) is 17.3 Å². The maximum absolute atomic E-state index is 11.6. The number of nitrogens with zero attached hydrogens (tertiary/aromatic N) is 1. The van der Waals surface area contributed by atoms with Crippen LogP contribution in [0.5, 0.6) is 0 Å². The molecule has 0 fully saturated rings. The lowest BCUT2D eigenvalue weighted by Gasteiger charge is -2.04. The van der Waals surface area contributed by atoms with Crippen molar-refractivity contribution in [2.24, 2.45) is 5.92 Å². The van der Waals surface area contributed by atoms with Crippen LogP contribution in [0.25, 0.3) is 0 Å². The summed E-state index contributed by atoms with van der Waals surface area (Å²) >= 11 is 6.58. The van der Waals surface area contributed by atoms with Crippen LogP contribution in [0.2, 0.25) is 0 Å². The topological polar surface area (TPSA) is 40.9 Å². The molecule has 2 nitrogen and oxygen atoms in total. The molecule has 0 aromatic heterocycles. The van der Waals surface area contributed by atoms with E-state index >= 15 is 0 Å². The van der Waals surface area contributed by atoms with Crippen LogP contribution in [0.15, 0.2) is 27.1 Å². The molecule has 4 heteroatoms. The molecule has 0 radical (unpaired) electrons. The van der Waals surface area contributed by atoms with Gasteiger partial charge in [0.05, 0.1) is 6.07 Å². The zero-order chi connectivity index (χ0) is 10.7. The molecule has 0 spiro atoms. The Labute approximate surface area is 99.2 Å². The van der Waals surface area contributed by atoms with Crippen molar-refractivity contribution in [1.82, 2.24) is 0 Å². The van der Waals surface area contributed by atoms with Crippen LogP contribution in [-0.2, 0) is 0 Å². The molecule has 0 saturated heterocycles. The van der Waals surface area contributed by atoms with E-state index in [0.717, 1.165) is 4.47 Å². The number of carbonyl (C=O) groups is 1. The molecule has 0 aliphatic rings. The van der Waals surface area contributed by atoms with Crippen molar-refractivity contribution in [2.45, 2.75) is 6.92 Å². The number of rotatable bonds is 2. The Hall–Kier alpha value is -0.660. The summed E-state index contributed by atoms with van der Waals surface area (Å²) < 4.78 is 1.60. The van der Waals surface area contributed by atoms with Gasteiger partial charge < -0.3 is 0 Å². The van der Waals surface area contributed by atoms with Gasteiger partial charge in [0.25, 0.3) is 0 Å². The fraction of sp³-hybridized carbons (Fsp3) is 0.200. The fourth-order valence-electron chi connectivity index (χ4n) is 0.981. The molecule has 0 N–H and O–H groups in total. The standard InChI is InChI=1S/C10H7Br2NO/c1-6(5-13)10(14)8-3-2-7(11)4-9(8)12/h2-4,6H,1H3. The summed E-state index contributed by atoms with van der Waals surface area (Å²) in [5.41, 5.74) is 0.544. The predicted molar refractivity (Wildman–Crippen MR) is 60.9 cm³/mol. The first-order valence-electron chi connectivity index (χ1n) is 3.95. The van der Waals surface area contributed by atoms with Crippen LogP contribution in [-0.4, -0.2) is 5.78 Å². The van der Waals surface area contributed by atoms with E-state index in [2.05, 4.69) is 31.9 Å². The second-order valence-electron chi connectivity index (χ2n) is 2.84. The number of ketones is 1. The molecular weight excluding hydrogens is 310 g/mol. The van der Waals surface area contributed by atoms with E-state index in [-0.39, 0.29) is 5.78 Å². The van der Waals surface area contributed by atoms with Crippen molar-refractivity contribution in [3.8, 4) is 6.07 Å². The summed E-state index contributed by atoms with van der Waals surface area (Å²) in [5, 5.41) is 8.62. The summed E-state index contributed by atoms with van der Waals surface area (Å²) in [6.45, 7) is 1.59. The summed E-state index contributed by atoms with van der Waals surface area (Å²) in [6.07, 6.45) is 0. The number of benzene rings is 1. The molecule has 1 unspecified atom stereocenters. The third-order valence-corrected chi connectivity index (χ3v) is 2.93. The summed E-state index contributed by atoms with van der Waals surface area (Å²) in [6, 6.07) is 7.19. The molecule has 0 aliphatic heterocycles. The zero-order valence-corrected chi connectivity index (χ0v) is 10.6. The van der Waals surface area contributed by atoms with Gasteiger partial charge >= 0.3 is 0 Å². The molecule has 0 heterocycles.